The zero-order valence-electron chi connectivity index (χ0n) is 11.6. The van der Waals surface area contributed by atoms with E-state index in [0.29, 0.717) is 0 Å². The van der Waals surface area contributed by atoms with Crippen LogP contribution in [0.2, 0.25) is 0 Å². The molecule has 1 aromatic carbocycles. The molecule has 102 valence electrons. The van der Waals surface area contributed by atoms with Gasteiger partial charge in [-0.25, -0.2) is 0 Å². The zero-order chi connectivity index (χ0) is 13.5. The summed E-state index contributed by atoms with van der Waals surface area (Å²) in [5, 5.41) is 3.51. The Morgan fingerprint density at radius 2 is 2.05 bits per heavy atom. The fourth-order valence-corrected chi connectivity index (χ4v) is 2.31. The number of methoxy groups -OCH3 is 1. The van der Waals surface area contributed by atoms with Crippen molar-refractivity contribution in [1.29, 1.82) is 0 Å². The average molecular weight is 259 g/mol. The van der Waals surface area contributed by atoms with Crippen LogP contribution < -0.4 is 10.1 Å². The van der Waals surface area contributed by atoms with Gasteiger partial charge in [0.05, 0.1) is 13.4 Å². The lowest BCUT2D eigenvalue weighted by atomic mass is 10.00. The maximum atomic E-state index is 5.45. The quantitative estimate of drug-likeness (QED) is 0.825. The van der Waals surface area contributed by atoms with E-state index in [0.717, 1.165) is 30.9 Å². The molecule has 0 saturated heterocycles. The highest BCUT2D eigenvalue weighted by molar-refractivity contribution is 5.35. The third-order valence-electron chi connectivity index (χ3n) is 3.22. The summed E-state index contributed by atoms with van der Waals surface area (Å²) in [6, 6.07) is 12.4. The standard InChI is InChI=1S/C16H21NO2/c1-3-17-15(11-10-13-7-6-12-19-13)14-8-4-5-9-16(14)18-2/h4-9,12,15,17H,3,10-11H2,1-2H3. The van der Waals surface area contributed by atoms with Crippen molar-refractivity contribution in [1.82, 2.24) is 5.32 Å². The van der Waals surface area contributed by atoms with Crippen LogP contribution in [0, 0.1) is 0 Å². The van der Waals surface area contributed by atoms with Crippen LogP contribution in [0.15, 0.2) is 47.1 Å². The molecule has 1 atom stereocenters. The van der Waals surface area contributed by atoms with Gasteiger partial charge >= 0.3 is 0 Å². The molecule has 0 radical (unpaired) electrons. The van der Waals surface area contributed by atoms with Gasteiger partial charge in [0.1, 0.15) is 11.5 Å². The normalized spacial score (nSPS) is 12.3. The smallest absolute Gasteiger partial charge is 0.123 e. The van der Waals surface area contributed by atoms with Crippen LogP contribution in [-0.4, -0.2) is 13.7 Å². The van der Waals surface area contributed by atoms with Gasteiger partial charge < -0.3 is 14.5 Å². The molecule has 0 saturated carbocycles. The number of aryl methyl sites for hydroxylation is 1. The van der Waals surface area contributed by atoms with Gasteiger partial charge in [0.15, 0.2) is 0 Å². The predicted molar refractivity (Wildman–Crippen MR) is 76.4 cm³/mol. The highest BCUT2D eigenvalue weighted by Crippen LogP contribution is 2.28. The lowest BCUT2D eigenvalue weighted by Gasteiger charge is -2.20. The van der Waals surface area contributed by atoms with Gasteiger partial charge in [0.2, 0.25) is 0 Å². The topological polar surface area (TPSA) is 34.4 Å². The van der Waals surface area contributed by atoms with Crippen LogP contribution in [0.25, 0.3) is 0 Å². The molecule has 1 unspecified atom stereocenters. The molecule has 0 aliphatic carbocycles. The molecule has 0 fully saturated rings. The van der Waals surface area contributed by atoms with Crippen molar-refractivity contribution >= 4 is 0 Å². The third-order valence-corrected chi connectivity index (χ3v) is 3.22. The van der Waals surface area contributed by atoms with E-state index in [1.54, 1.807) is 13.4 Å². The minimum atomic E-state index is 0.284. The van der Waals surface area contributed by atoms with Gasteiger partial charge in [0, 0.05) is 18.0 Å². The van der Waals surface area contributed by atoms with Crippen molar-refractivity contribution < 1.29 is 9.15 Å². The van der Waals surface area contributed by atoms with Crippen LogP contribution in [-0.2, 0) is 6.42 Å². The zero-order valence-corrected chi connectivity index (χ0v) is 11.6. The Bertz CT molecular complexity index is 479. The Kier molecular flexibility index (Phi) is 5.04. The first-order valence-corrected chi connectivity index (χ1v) is 6.73. The van der Waals surface area contributed by atoms with Gasteiger partial charge in [-0.2, -0.15) is 0 Å². The number of para-hydroxylation sites is 1. The molecule has 0 amide bonds. The van der Waals surface area contributed by atoms with Crippen molar-refractivity contribution in [2.24, 2.45) is 0 Å². The number of furan rings is 1. The highest BCUT2D eigenvalue weighted by Gasteiger charge is 2.15. The van der Waals surface area contributed by atoms with E-state index in [2.05, 4.69) is 24.4 Å². The molecule has 19 heavy (non-hydrogen) atoms. The van der Waals surface area contributed by atoms with E-state index in [4.69, 9.17) is 9.15 Å². The van der Waals surface area contributed by atoms with E-state index >= 15 is 0 Å². The molecule has 0 spiro atoms. The molecule has 0 aliphatic heterocycles. The summed E-state index contributed by atoms with van der Waals surface area (Å²) >= 11 is 0. The summed E-state index contributed by atoms with van der Waals surface area (Å²) in [5.74, 6) is 1.96. The van der Waals surface area contributed by atoms with Crippen LogP contribution in [0.4, 0.5) is 0 Å². The number of hydrogen-bond acceptors (Lipinski definition) is 3. The van der Waals surface area contributed by atoms with Crippen molar-refractivity contribution in [2.45, 2.75) is 25.8 Å². The lowest BCUT2D eigenvalue weighted by Crippen LogP contribution is -2.22. The number of nitrogens with one attached hydrogen (secondary N) is 1. The van der Waals surface area contributed by atoms with E-state index < -0.39 is 0 Å². The molecule has 0 bridgehead atoms. The van der Waals surface area contributed by atoms with Crippen molar-refractivity contribution in [2.75, 3.05) is 13.7 Å². The SMILES string of the molecule is CCNC(CCc1ccco1)c1ccccc1OC. The van der Waals surface area contributed by atoms with Gasteiger partial charge in [-0.05, 0) is 31.2 Å². The largest absolute Gasteiger partial charge is 0.496 e. The number of benzene rings is 1. The molecular weight excluding hydrogens is 238 g/mol. The summed E-state index contributed by atoms with van der Waals surface area (Å²) in [6.45, 7) is 3.05. The Labute approximate surface area is 114 Å². The number of hydrogen-bond donors (Lipinski definition) is 1. The fourth-order valence-electron chi connectivity index (χ4n) is 2.31. The average Bonchev–Trinajstić information content (AvgIpc) is 2.96. The summed E-state index contributed by atoms with van der Waals surface area (Å²) in [5.41, 5.74) is 1.21. The van der Waals surface area contributed by atoms with Gasteiger partial charge in [-0.3, -0.25) is 0 Å². The molecule has 1 heterocycles. The molecule has 0 aliphatic rings. The van der Waals surface area contributed by atoms with Gasteiger partial charge in [-0.15, -0.1) is 0 Å². The molecule has 1 aromatic heterocycles. The molecule has 2 aromatic rings. The van der Waals surface area contributed by atoms with Crippen LogP contribution in [0.1, 0.15) is 30.7 Å². The summed E-state index contributed by atoms with van der Waals surface area (Å²) < 4.78 is 10.8. The molecule has 3 heteroatoms. The first-order valence-electron chi connectivity index (χ1n) is 6.73. The summed E-state index contributed by atoms with van der Waals surface area (Å²) in [6.07, 6.45) is 3.63. The van der Waals surface area contributed by atoms with Crippen molar-refractivity contribution in [3.05, 3.63) is 54.0 Å². The van der Waals surface area contributed by atoms with Gasteiger partial charge in [-0.1, -0.05) is 25.1 Å². The number of rotatable bonds is 7. The molecule has 2 rings (SSSR count). The molecule has 3 nitrogen and oxygen atoms in total. The second kappa shape index (κ2) is 7.00. The predicted octanol–water partition coefficient (Wildman–Crippen LogP) is 3.57. The highest BCUT2D eigenvalue weighted by atomic mass is 16.5. The fraction of sp³-hybridized carbons (Fsp3) is 0.375. The van der Waals surface area contributed by atoms with E-state index in [1.165, 1.54) is 5.56 Å². The first-order chi connectivity index (χ1) is 9.35. The van der Waals surface area contributed by atoms with Crippen LogP contribution >= 0.6 is 0 Å². The molecule has 1 N–H and O–H groups in total. The Morgan fingerprint density at radius 1 is 1.21 bits per heavy atom. The van der Waals surface area contributed by atoms with Gasteiger partial charge in [0.25, 0.3) is 0 Å². The maximum absolute atomic E-state index is 5.45. The van der Waals surface area contributed by atoms with E-state index in [-0.39, 0.29) is 6.04 Å². The summed E-state index contributed by atoms with van der Waals surface area (Å²) in [7, 11) is 1.72. The number of ether oxygens (including phenoxy) is 1. The second-order valence-corrected chi connectivity index (χ2v) is 4.47. The lowest BCUT2D eigenvalue weighted by molar-refractivity contribution is 0.393. The van der Waals surface area contributed by atoms with E-state index in [9.17, 15) is 0 Å². The Balaban J connectivity index is 2.10. The molecular formula is C16H21NO2. The minimum Gasteiger partial charge on any atom is -0.496 e. The Hall–Kier alpha value is -1.74. The van der Waals surface area contributed by atoms with Crippen LogP contribution in [0.5, 0.6) is 5.75 Å². The van der Waals surface area contributed by atoms with E-state index in [1.807, 2.05) is 24.3 Å². The Morgan fingerprint density at radius 3 is 2.74 bits per heavy atom. The second-order valence-electron chi connectivity index (χ2n) is 4.47. The van der Waals surface area contributed by atoms with Crippen molar-refractivity contribution in [3.63, 3.8) is 0 Å². The van der Waals surface area contributed by atoms with Crippen molar-refractivity contribution in [3.8, 4) is 5.75 Å². The first kappa shape index (κ1) is 13.7. The third kappa shape index (κ3) is 3.61. The maximum Gasteiger partial charge on any atom is 0.123 e. The monoisotopic (exact) mass is 259 g/mol. The minimum absolute atomic E-state index is 0.284. The summed E-state index contributed by atoms with van der Waals surface area (Å²) in [4.78, 5) is 0. The van der Waals surface area contributed by atoms with Crippen LogP contribution in [0.3, 0.4) is 0 Å².